The van der Waals surface area contributed by atoms with Gasteiger partial charge in [0.05, 0.1) is 5.57 Å². The Bertz CT molecular complexity index is 1180. The topological polar surface area (TPSA) is 99.2 Å². The van der Waals surface area contributed by atoms with Crippen LogP contribution in [0.25, 0.3) is 6.08 Å². The lowest BCUT2D eigenvalue weighted by molar-refractivity contribution is -0.116. The first-order valence-corrected chi connectivity index (χ1v) is 11.1. The van der Waals surface area contributed by atoms with Crippen molar-refractivity contribution in [1.82, 2.24) is 25.4 Å². The number of aryl methyl sites for hydroxylation is 1. The van der Waals surface area contributed by atoms with E-state index in [1.165, 1.54) is 17.5 Å². The molecule has 0 saturated carbocycles. The van der Waals surface area contributed by atoms with E-state index in [9.17, 15) is 4.79 Å². The number of carbonyl (C=O) groups excluding carboxylic acids is 1. The number of nitrogens with zero attached hydrogens (tertiary/aromatic N) is 5. The quantitative estimate of drug-likeness (QED) is 0.518. The van der Waals surface area contributed by atoms with E-state index in [-0.39, 0.29) is 5.91 Å². The van der Waals surface area contributed by atoms with Crippen molar-refractivity contribution >= 4 is 23.4 Å². The molecule has 4 heterocycles. The maximum atomic E-state index is 12.6. The molecule has 3 aromatic heterocycles. The molecule has 0 fully saturated rings. The van der Waals surface area contributed by atoms with Crippen LogP contribution in [0.15, 0.2) is 53.9 Å². The van der Waals surface area contributed by atoms with Gasteiger partial charge in [-0.2, -0.15) is 5.10 Å². The Kier molecular flexibility index (Phi) is 6.63. The highest BCUT2D eigenvalue weighted by Gasteiger charge is 2.26. The second kappa shape index (κ2) is 9.77. The monoisotopic (exact) mass is 443 g/mol. The summed E-state index contributed by atoms with van der Waals surface area (Å²) in [5.41, 5.74) is 10.2. The third-order valence-electron chi connectivity index (χ3n) is 5.88. The summed E-state index contributed by atoms with van der Waals surface area (Å²) in [5.74, 6) is 0.0796. The van der Waals surface area contributed by atoms with E-state index in [0.717, 1.165) is 36.5 Å². The molecule has 0 saturated heterocycles. The standard InChI is InChI=1S/C25H29N7O/c1-16(2)23-20(6-5-11-32(4)19-7-9-26-10-8-19)17(3)29-22(23)12-21-24(30-31-25(21)33)18-13-27-15-28-14-18/h7-10,12-16,29H,5-6,11H2,1-4H3,(H,31,33)/b21-12+. The van der Waals surface area contributed by atoms with Crippen molar-refractivity contribution in [1.29, 1.82) is 0 Å². The van der Waals surface area contributed by atoms with Crippen LogP contribution in [0.5, 0.6) is 0 Å². The van der Waals surface area contributed by atoms with Crippen molar-refractivity contribution in [3.05, 3.63) is 76.9 Å². The molecule has 0 radical (unpaired) electrons. The van der Waals surface area contributed by atoms with Crippen LogP contribution in [0.1, 0.15) is 54.3 Å². The molecule has 0 aromatic carbocycles. The molecule has 0 bridgehead atoms. The molecule has 1 amide bonds. The largest absolute Gasteiger partial charge is 0.374 e. The van der Waals surface area contributed by atoms with Gasteiger partial charge in [0.15, 0.2) is 0 Å². The van der Waals surface area contributed by atoms with E-state index in [1.807, 2.05) is 30.6 Å². The highest BCUT2D eigenvalue weighted by Crippen LogP contribution is 2.30. The Hall–Kier alpha value is -3.81. The van der Waals surface area contributed by atoms with Crippen LogP contribution in [0, 0.1) is 6.92 Å². The minimum Gasteiger partial charge on any atom is -0.374 e. The lowest BCUT2D eigenvalue weighted by Gasteiger charge is -2.19. The third kappa shape index (κ3) is 4.84. The van der Waals surface area contributed by atoms with Gasteiger partial charge in [0.25, 0.3) is 5.91 Å². The van der Waals surface area contributed by atoms with Crippen molar-refractivity contribution < 1.29 is 4.79 Å². The van der Waals surface area contributed by atoms with E-state index in [1.54, 1.807) is 12.4 Å². The van der Waals surface area contributed by atoms with Gasteiger partial charge in [0, 0.05) is 61.0 Å². The summed E-state index contributed by atoms with van der Waals surface area (Å²) < 4.78 is 0. The maximum absolute atomic E-state index is 12.6. The number of aromatic amines is 1. The van der Waals surface area contributed by atoms with Gasteiger partial charge in [0.1, 0.15) is 12.0 Å². The number of amides is 1. The van der Waals surface area contributed by atoms with Gasteiger partial charge in [-0.25, -0.2) is 15.4 Å². The molecule has 1 aliphatic rings. The van der Waals surface area contributed by atoms with Crippen LogP contribution in [0.4, 0.5) is 5.69 Å². The summed E-state index contributed by atoms with van der Waals surface area (Å²) in [6, 6.07) is 4.05. The zero-order valence-electron chi connectivity index (χ0n) is 19.5. The van der Waals surface area contributed by atoms with E-state index >= 15 is 0 Å². The first kappa shape index (κ1) is 22.4. The Labute approximate surface area is 193 Å². The first-order valence-electron chi connectivity index (χ1n) is 11.1. The summed E-state index contributed by atoms with van der Waals surface area (Å²) in [6.07, 6.45) is 12.3. The summed E-state index contributed by atoms with van der Waals surface area (Å²) in [7, 11) is 2.10. The molecular weight excluding hydrogens is 414 g/mol. The molecule has 170 valence electrons. The number of hydrogen-bond donors (Lipinski definition) is 2. The van der Waals surface area contributed by atoms with Crippen molar-refractivity contribution in [2.24, 2.45) is 5.10 Å². The van der Waals surface area contributed by atoms with Gasteiger partial charge in [-0.05, 0) is 55.0 Å². The Morgan fingerprint density at radius 1 is 1.12 bits per heavy atom. The summed E-state index contributed by atoms with van der Waals surface area (Å²) in [5, 5.41) is 4.21. The number of pyridine rings is 1. The van der Waals surface area contributed by atoms with Crippen LogP contribution < -0.4 is 10.3 Å². The van der Waals surface area contributed by atoms with Crippen molar-refractivity contribution in [3.63, 3.8) is 0 Å². The maximum Gasteiger partial charge on any atom is 0.273 e. The Morgan fingerprint density at radius 3 is 2.55 bits per heavy atom. The van der Waals surface area contributed by atoms with E-state index in [4.69, 9.17) is 0 Å². The van der Waals surface area contributed by atoms with E-state index in [2.05, 4.69) is 63.2 Å². The molecule has 0 spiro atoms. The number of nitrogens with one attached hydrogen (secondary N) is 2. The molecule has 0 atom stereocenters. The minimum absolute atomic E-state index is 0.226. The predicted molar refractivity (Wildman–Crippen MR) is 130 cm³/mol. The number of hydrogen-bond acceptors (Lipinski definition) is 6. The van der Waals surface area contributed by atoms with Crippen LogP contribution in [0.3, 0.4) is 0 Å². The van der Waals surface area contributed by atoms with Crippen LogP contribution in [-0.2, 0) is 11.2 Å². The molecule has 1 aliphatic heterocycles. The Balaban J connectivity index is 1.58. The fourth-order valence-corrected chi connectivity index (χ4v) is 4.28. The average molecular weight is 444 g/mol. The molecule has 3 aromatic rings. The highest BCUT2D eigenvalue weighted by molar-refractivity contribution is 6.33. The zero-order valence-corrected chi connectivity index (χ0v) is 19.5. The van der Waals surface area contributed by atoms with Gasteiger partial charge < -0.3 is 9.88 Å². The lowest BCUT2D eigenvalue weighted by atomic mass is 9.93. The fourth-order valence-electron chi connectivity index (χ4n) is 4.28. The number of anilines is 1. The molecule has 0 unspecified atom stereocenters. The number of H-pyrrole nitrogens is 1. The van der Waals surface area contributed by atoms with Crippen LogP contribution >= 0.6 is 0 Å². The number of aromatic nitrogens is 4. The number of rotatable bonds is 8. The summed E-state index contributed by atoms with van der Waals surface area (Å²) >= 11 is 0. The van der Waals surface area contributed by atoms with Crippen molar-refractivity contribution in [2.45, 2.75) is 39.5 Å². The number of hydrazone groups is 1. The van der Waals surface area contributed by atoms with Gasteiger partial charge in [-0.3, -0.25) is 9.78 Å². The van der Waals surface area contributed by atoms with Gasteiger partial charge in [0.2, 0.25) is 0 Å². The summed E-state index contributed by atoms with van der Waals surface area (Å²) in [4.78, 5) is 30.5. The number of carbonyl (C=O) groups is 1. The molecule has 33 heavy (non-hydrogen) atoms. The molecule has 2 N–H and O–H groups in total. The van der Waals surface area contributed by atoms with E-state index < -0.39 is 0 Å². The van der Waals surface area contributed by atoms with Crippen molar-refractivity contribution in [3.8, 4) is 0 Å². The molecule has 8 nitrogen and oxygen atoms in total. The van der Waals surface area contributed by atoms with Gasteiger partial charge in [-0.15, -0.1) is 0 Å². The summed E-state index contributed by atoms with van der Waals surface area (Å²) in [6.45, 7) is 7.41. The molecule has 4 rings (SSSR count). The van der Waals surface area contributed by atoms with Gasteiger partial charge >= 0.3 is 0 Å². The lowest BCUT2D eigenvalue weighted by Crippen LogP contribution is -2.19. The Morgan fingerprint density at radius 2 is 1.85 bits per heavy atom. The second-order valence-electron chi connectivity index (χ2n) is 8.53. The van der Waals surface area contributed by atoms with Crippen LogP contribution in [0.2, 0.25) is 0 Å². The normalized spacial score (nSPS) is 14.6. The zero-order chi connectivity index (χ0) is 23.4. The SMILES string of the molecule is Cc1[nH]c(/C=C2/C(=O)NN=C2c2cncnc2)c(C(C)C)c1CCCN(C)c1ccncc1. The van der Waals surface area contributed by atoms with E-state index in [0.29, 0.717) is 22.8 Å². The smallest absolute Gasteiger partial charge is 0.273 e. The fraction of sp³-hybridized carbons (Fsp3) is 0.320. The second-order valence-corrected chi connectivity index (χ2v) is 8.53. The predicted octanol–water partition coefficient (Wildman–Crippen LogP) is 3.62. The molecular formula is C25H29N7O. The molecule has 0 aliphatic carbocycles. The first-order chi connectivity index (χ1) is 16.0. The average Bonchev–Trinajstić information content (AvgIpc) is 3.34. The van der Waals surface area contributed by atoms with Crippen molar-refractivity contribution in [2.75, 3.05) is 18.5 Å². The van der Waals surface area contributed by atoms with Gasteiger partial charge in [-0.1, -0.05) is 13.8 Å². The highest BCUT2D eigenvalue weighted by atomic mass is 16.2. The van der Waals surface area contributed by atoms with Crippen LogP contribution in [-0.4, -0.2) is 45.1 Å². The molecule has 8 heteroatoms. The minimum atomic E-state index is -0.226. The third-order valence-corrected chi connectivity index (χ3v) is 5.88.